The van der Waals surface area contributed by atoms with Crippen LogP contribution in [0.5, 0.6) is 11.5 Å². The second kappa shape index (κ2) is 5.16. The summed E-state index contributed by atoms with van der Waals surface area (Å²) in [5.74, 6) is 0.464. The Morgan fingerprint density at radius 3 is 2.88 bits per heavy atom. The van der Waals surface area contributed by atoms with Crippen molar-refractivity contribution < 1.29 is 13.9 Å². The van der Waals surface area contributed by atoms with Crippen LogP contribution in [0, 0.1) is 5.82 Å². The highest BCUT2D eigenvalue weighted by molar-refractivity contribution is 5.45. The van der Waals surface area contributed by atoms with E-state index in [0.29, 0.717) is 37.5 Å². The van der Waals surface area contributed by atoms with Gasteiger partial charge in [-0.15, -0.1) is 0 Å². The number of ether oxygens (including phenoxy) is 2. The Morgan fingerprint density at radius 1 is 1.25 bits per heavy atom. The first-order chi connectivity index (χ1) is 7.83. The molecule has 0 fully saturated rings. The minimum atomic E-state index is -0.298. The molecule has 16 heavy (non-hydrogen) atoms. The van der Waals surface area contributed by atoms with Crippen molar-refractivity contribution >= 4 is 0 Å². The molecular formula is C12H16FNO2. The molecule has 0 aromatic heterocycles. The van der Waals surface area contributed by atoms with Gasteiger partial charge in [-0.05, 0) is 31.0 Å². The van der Waals surface area contributed by atoms with Gasteiger partial charge in [-0.3, -0.25) is 0 Å². The van der Waals surface area contributed by atoms with Crippen LogP contribution < -0.4 is 15.2 Å². The molecule has 0 aliphatic carbocycles. The zero-order valence-electron chi connectivity index (χ0n) is 9.17. The van der Waals surface area contributed by atoms with Crippen LogP contribution in [0.4, 0.5) is 4.39 Å². The predicted molar refractivity (Wildman–Crippen MR) is 59.4 cm³/mol. The molecule has 1 aliphatic rings. The minimum absolute atomic E-state index is 0.257. The van der Waals surface area contributed by atoms with Gasteiger partial charge in [0.2, 0.25) is 0 Å². The Bertz CT molecular complexity index is 368. The summed E-state index contributed by atoms with van der Waals surface area (Å²) in [6.45, 7) is 1.65. The molecule has 3 nitrogen and oxygen atoms in total. The number of hydrogen-bond donors (Lipinski definition) is 1. The Hall–Kier alpha value is -1.29. The molecule has 1 aromatic carbocycles. The van der Waals surface area contributed by atoms with Crippen molar-refractivity contribution in [1.82, 2.24) is 0 Å². The lowest BCUT2D eigenvalue weighted by molar-refractivity contribution is 0.291. The fraction of sp³-hybridized carbons (Fsp3) is 0.500. The zero-order valence-corrected chi connectivity index (χ0v) is 9.17. The van der Waals surface area contributed by atoms with Gasteiger partial charge in [-0.2, -0.15) is 0 Å². The second-order valence-electron chi connectivity index (χ2n) is 3.81. The Labute approximate surface area is 94.3 Å². The van der Waals surface area contributed by atoms with Gasteiger partial charge in [0.15, 0.2) is 17.3 Å². The van der Waals surface area contributed by atoms with Crippen molar-refractivity contribution in [2.45, 2.75) is 19.3 Å². The van der Waals surface area contributed by atoms with Crippen molar-refractivity contribution in [3.8, 4) is 11.5 Å². The van der Waals surface area contributed by atoms with E-state index in [-0.39, 0.29) is 11.6 Å². The van der Waals surface area contributed by atoms with Crippen LogP contribution in [0.1, 0.15) is 18.4 Å². The van der Waals surface area contributed by atoms with Crippen LogP contribution in [-0.2, 0) is 6.42 Å². The Kier molecular flexibility index (Phi) is 3.62. The third kappa shape index (κ3) is 2.27. The summed E-state index contributed by atoms with van der Waals surface area (Å²) in [6.07, 6.45) is 2.20. The van der Waals surface area contributed by atoms with E-state index >= 15 is 0 Å². The first-order valence-electron chi connectivity index (χ1n) is 5.60. The molecular weight excluding hydrogens is 209 g/mol. The van der Waals surface area contributed by atoms with Gasteiger partial charge >= 0.3 is 0 Å². The van der Waals surface area contributed by atoms with E-state index < -0.39 is 0 Å². The van der Waals surface area contributed by atoms with Crippen LogP contribution in [0.3, 0.4) is 0 Å². The maximum absolute atomic E-state index is 14.0. The molecule has 0 unspecified atom stereocenters. The van der Waals surface area contributed by atoms with Crippen molar-refractivity contribution in [3.63, 3.8) is 0 Å². The molecule has 2 rings (SSSR count). The van der Waals surface area contributed by atoms with E-state index in [9.17, 15) is 4.39 Å². The number of fused-ring (bicyclic) bond motifs is 1. The van der Waals surface area contributed by atoms with E-state index in [1.807, 2.05) is 0 Å². The number of benzene rings is 1. The number of aryl methyl sites for hydroxylation is 1. The standard InChI is InChI=1S/C12H16FNO2/c13-11-9(3-1-6-14)4-5-10-12(11)16-8-2-7-15-10/h4-5H,1-3,6-8,14H2. The maximum Gasteiger partial charge on any atom is 0.197 e. The molecule has 0 amide bonds. The largest absolute Gasteiger partial charge is 0.489 e. The smallest absolute Gasteiger partial charge is 0.197 e. The summed E-state index contributed by atoms with van der Waals surface area (Å²) in [6, 6.07) is 3.52. The molecule has 0 bridgehead atoms. The van der Waals surface area contributed by atoms with Crippen molar-refractivity contribution in [2.24, 2.45) is 5.73 Å². The van der Waals surface area contributed by atoms with Crippen LogP contribution in [0.15, 0.2) is 12.1 Å². The maximum atomic E-state index is 14.0. The van der Waals surface area contributed by atoms with Crippen LogP contribution in [0.25, 0.3) is 0 Å². The first-order valence-corrected chi connectivity index (χ1v) is 5.60. The molecule has 0 atom stereocenters. The summed E-state index contributed by atoms with van der Waals surface area (Å²) >= 11 is 0. The van der Waals surface area contributed by atoms with Gasteiger partial charge in [0.05, 0.1) is 13.2 Å². The number of halogens is 1. The third-order valence-corrected chi connectivity index (χ3v) is 2.58. The van der Waals surface area contributed by atoms with E-state index in [2.05, 4.69) is 0 Å². The fourth-order valence-electron chi connectivity index (χ4n) is 1.73. The third-order valence-electron chi connectivity index (χ3n) is 2.58. The summed E-state index contributed by atoms with van der Waals surface area (Å²) in [7, 11) is 0. The van der Waals surface area contributed by atoms with E-state index in [1.54, 1.807) is 12.1 Å². The van der Waals surface area contributed by atoms with Gasteiger partial charge in [-0.25, -0.2) is 4.39 Å². The number of rotatable bonds is 3. The van der Waals surface area contributed by atoms with Gasteiger partial charge in [0.1, 0.15) is 0 Å². The average molecular weight is 225 g/mol. The molecule has 0 saturated heterocycles. The van der Waals surface area contributed by atoms with Crippen molar-refractivity contribution in [1.29, 1.82) is 0 Å². The van der Waals surface area contributed by atoms with Crippen LogP contribution >= 0.6 is 0 Å². The van der Waals surface area contributed by atoms with Gasteiger partial charge < -0.3 is 15.2 Å². The van der Waals surface area contributed by atoms with E-state index in [4.69, 9.17) is 15.2 Å². The first kappa shape index (κ1) is 11.2. The Morgan fingerprint density at radius 2 is 2.06 bits per heavy atom. The average Bonchev–Trinajstić information content (AvgIpc) is 2.54. The SMILES string of the molecule is NCCCc1ccc2c(c1F)OCCCO2. The van der Waals surface area contributed by atoms with E-state index in [1.165, 1.54) is 0 Å². The van der Waals surface area contributed by atoms with Crippen molar-refractivity contribution in [2.75, 3.05) is 19.8 Å². The Balaban J connectivity index is 2.26. The van der Waals surface area contributed by atoms with Crippen molar-refractivity contribution in [3.05, 3.63) is 23.5 Å². The highest BCUT2D eigenvalue weighted by atomic mass is 19.1. The molecule has 0 radical (unpaired) electrons. The summed E-state index contributed by atoms with van der Waals surface area (Å²) in [5.41, 5.74) is 6.06. The monoisotopic (exact) mass is 225 g/mol. The van der Waals surface area contributed by atoms with Crippen LogP contribution in [-0.4, -0.2) is 19.8 Å². The van der Waals surface area contributed by atoms with Gasteiger partial charge in [0.25, 0.3) is 0 Å². The molecule has 4 heteroatoms. The summed E-state index contributed by atoms with van der Waals surface area (Å²) in [5, 5.41) is 0. The molecule has 1 aliphatic heterocycles. The predicted octanol–water partition coefficient (Wildman–Crippen LogP) is 1.88. The molecule has 0 spiro atoms. The lowest BCUT2D eigenvalue weighted by Gasteiger charge is -2.11. The molecule has 88 valence electrons. The van der Waals surface area contributed by atoms with Crippen LogP contribution in [0.2, 0.25) is 0 Å². The second-order valence-corrected chi connectivity index (χ2v) is 3.81. The number of hydrogen-bond acceptors (Lipinski definition) is 3. The lowest BCUT2D eigenvalue weighted by atomic mass is 10.1. The lowest BCUT2D eigenvalue weighted by Crippen LogP contribution is -2.03. The summed E-state index contributed by atoms with van der Waals surface area (Å²) in [4.78, 5) is 0. The molecule has 1 aromatic rings. The normalized spacial score (nSPS) is 14.6. The highest BCUT2D eigenvalue weighted by Gasteiger charge is 2.17. The topological polar surface area (TPSA) is 44.5 Å². The van der Waals surface area contributed by atoms with Gasteiger partial charge in [-0.1, -0.05) is 6.07 Å². The summed E-state index contributed by atoms with van der Waals surface area (Å²) < 4.78 is 24.8. The number of nitrogens with two attached hydrogens (primary N) is 1. The highest BCUT2D eigenvalue weighted by Crippen LogP contribution is 2.34. The minimum Gasteiger partial charge on any atom is -0.489 e. The van der Waals surface area contributed by atoms with E-state index in [0.717, 1.165) is 12.8 Å². The van der Waals surface area contributed by atoms with Gasteiger partial charge in [0, 0.05) is 6.42 Å². The fourth-order valence-corrected chi connectivity index (χ4v) is 1.73. The molecule has 1 heterocycles. The zero-order chi connectivity index (χ0) is 11.4. The molecule has 2 N–H and O–H groups in total. The quantitative estimate of drug-likeness (QED) is 0.854. The molecule has 0 saturated carbocycles.